The Kier molecular flexibility index (Phi) is 1.99. The Bertz CT molecular complexity index is 207. The molecular formula is C6H6F3N. The van der Waals surface area contributed by atoms with E-state index in [4.69, 9.17) is 0 Å². The Morgan fingerprint density at radius 2 is 2.10 bits per heavy atom. The first-order chi connectivity index (χ1) is 4.74. The lowest BCUT2D eigenvalue weighted by Crippen LogP contribution is -1.84. The number of halogens is 3. The zero-order chi connectivity index (χ0) is 7.56. The van der Waals surface area contributed by atoms with Crippen LogP contribution < -0.4 is 0 Å². The predicted octanol–water partition coefficient (Wildman–Crippen LogP) is 2.42. The predicted molar refractivity (Wildman–Crippen MR) is 30.6 cm³/mol. The van der Waals surface area contributed by atoms with Gasteiger partial charge in [0.1, 0.15) is 6.67 Å². The molecular weight excluding hydrogens is 143 g/mol. The van der Waals surface area contributed by atoms with E-state index in [1.807, 2.05) is 0 Å². The first-order valence-electron chi connectivity index (χ1n) is 2.76. The van der Waals surface area contributed by atoms with Crippen molar-refractivity contribution in [2.45, 2.75) is 13.1 Å². The summed E-state index contributed by atoms with van der Waals surface area (Å²) in [6.07, 6.45) is -2.54. The van der Waals surface area contributed by atoms with Crippen LogP contribution in [0.2, 0.25) is 0 Å². The molecule has 0 aromatic carbocycles. The van der Waals surface area contributed by atoms with Crippen LogP contribution in [0.1, 0.15) is 17.8 Å². The fourth-order valence-electron chi connectivity index (χ4n) is 0.664. The van der Waals surface area contributed by atoms with E-state index >= 15 is 0 Å². The first-order valence-corrected chi connectivity index (χ1v) is 2.76. The maximum atomic E-state index is 11.8. The molecule has 0 saturated carbocycles. The highest BCUT2D eigenvalue weighted by Crippen LogP contribution is 2.17. The molecule has 0 aliphatic rings. The summed E-state index contributed by atoms with van der Waals surface area (Å²) in [6.45, 7) is -0.729. The standard InChI is InChI=1S/C6H6F3N/c7-3-4-1-2-5(10-4)6(8)9/h1-2,6,10H,3H2. The minimum atomic E-state index is -2.54. The molecule has 4 heteroatoms. The maximum Gasteiger partial charge on any atom is 0.278 e. The Hall–Kier alpha value is -0.930. The van der Waals surface area contributed by atoms with Gasteiger partial charge in [0, 0.05) is 5.69 Å². The summed E-state index contributed by atoms with van der Waals surface area (Å²) in [5, 5.41) is 0. The molecule has 56 valence electrons. The van der Waals surface area contributed by atoms with E-state index in [1.54, 1.807) is 0 Å². The topological polar surface area (TPSA) is 15.8 Å². The van der Waals surface area contributed by atoms with E-state index in [2.05, 4.69) is 4.98 Å². The third-order valence-electron chi connectivity index (χ3n) is 1.15. The minimum absolute atomic E-state index is 0.190. The lowest BCUT2D eigenvalue weighted by molar-refractivity contribution is 0.146. The van der Waals surface area contributed by atoms with Crippen LogP contribution in [0, 0.1) is 0 Å². The van der Waals surface area contributed by atoms with Gasteiger partial charge in [-0.1, -0.05) is 0 Å². The van der Waals surface area contributed by atoms with Gasteiger partial charge in [0.25, 0.3) is 6.43 Å². The zero-order valence-corrected chi connectivity index (χ0v) is 5.07. The SMILES string of the molecule is FCc1ccc(C(F)F)[nH]1. The second-order valence-electron chi connectivity index (χ2n) is 1.87. The monoisotopic (exact) mass is 149 g/mol. The van der Waals surface area contributed by atoms with Crippen LogP contribution in [0.25, 0.3) is 0 Å². The van der Waals surface area contributed by atoms with E-state index in [1.165, 1.54) is 12.1 Å². The molecule has 0 unspecified atom stereocenters. The largest absolute Gasteiger partial charge is 0.355 e. The smallest absolute Gasteiger partial charge is 0.278 e. The van der Waals surface area contributed by atoms with Gasteiger partial charge >= 0.3 is 0 Å². The number of rotatable bonds is 2. The second kappa shape index (κ2) is 2.77. The average Bonchev–Trinajstić information content (AvgIpc) is 2.34. The van der Waals surface area contributed by atoms with E-state index in [0.717, 1.165) is 0 Å². The van der Waals surface area contributed by atoms with Gasteiger partial charge in [-0.2, -0.15) is 0 Å². The Labute approximate surface area is 55.9 Å². The highest BCUT2D eigenvalue weighted by Gasteiger charge is 2.08. The summed E-state index contributed by atoms with van der Waals surface area (Å²) < 4.78 is 35.3. The van der Waals surface area contributed by atoms with Crippen molar-refractivity contribution >= 4 is 0 Å². The molecule has 0 amide bonds. The van der Waals surface area contributed by atoms with Gasteiger partial charge in [-0.15, -0.1) is 0 Å². The number of nitrogens with one attached hydrogen (secondary N) is 1. The van der Waals surface area contributed by atoms with Gasteiger partial charge in [-0.3, -0.25) is 0 Å². The minimum Gasteiger partial charge on any atom is -0.355 e. The molecule has 1 nitrogen and oxygen atoms in total. The lowest BCUT2D eigenvalue weighted by atomic mass is 10.4. The van der Waals surface area contributed by atoms with E-state index < -0.39 is 13.1 Å². The zero-order valence-electron chi connectivity index (χ0n) is 5.07. The number of aromatic amines is 1. The van der Waals surface area contributed by atoms with Crippen molar-refractivity contribution in [2.24, 2.45) is 0 Å². The average molecular weight is 149 g/mol. The Morgan fingerprint density at radius 1 is 1.40 bits per heavy atom. The van der Waals surface area contributed by atoms with E-state index in [-0.39, 0.29) is 11.4 Å². The Morgan fingerprint density at radius 3 is 2.40 bits per heavy atom. The first kappa shape index (κ1) is 7.18. The molecule has 0 aliphatic heterocycles. The van der Waals surface area contributed by atoms with Crippen LogP contribution in [0.15, 0.2) is 12.1 Å². The van der Waals surface area contributed by atoms with Crippen molar-refractivity contribution in [3.63, 3.8) is 0 Å². The van der Waals surface area contributed by atoms with Gasteiger partial charge in [0.15, 0.2) is 0 Å². The molecule has 0 spiro atoms. The molecule has 0 saturated heterocycles. The van der Waals surface area contributed by atoms with E-state index in [9.17, 15) is 13.2 Å². The summed E-state index contributed by atoms with van der Waals surface area (Å²) >= 11 is 0. The summed E-state index contributed by atoms with van der Waals surface area (Å²) in [4.78, 5) is 2.24. The van der Waals surface area contributed by atoms with Gasteiger partial charge < -0.3 is 4.98 Å². The maximum absolute atomic E-state index is 11.8. The van der Waals surface area contributed by atoms with Crippen molar-refractivity contribution in [3.8, 4) is 0 Å². The fraction of sp³-hybridized carbons (Fsp3) is 0.333. The van der Waals surface area contributed by atoms with Crippen molar-refractivity contribution in [1.29, 1.82) is 0 Å². The highest BCUT2D eigenvalue weighted by molar-refractivity contribution is 5.12. The summed E-state index contributed by atoms with van der Waals surface area (Å²) in [7, 11) is 0. The molecule has 0 fully saturated rings. The normalized spacial score (nSPS) is 10.8. The summed E-state index contributed by atoms with van der Waals surface area (Å²) in [5.41, 5.74) is -0.0389. The van der Waals surface area contributed by atoms with Crippen LogP contribution in [0.4, 0.5) is 13.2 Å². The van der Waals surface area contributed by atoms with Gasteiger partial charge in [0.05, 0.1) is 5.69 Å². The molecule has 0 atom stereocenters. The van der Waals surface area contributed by atoms with Crippen LogP contribution >= 0.6 is 0 Å². The van der Waals surface area contributed by atoms with Crippen molar-refractivity contribution in [3.05, 3.63) is 23.5 Å². The number of alkyl halides is 3. The molecule has 1 rings (SSSR count). The second-order valence-corrected chi connectivity index (χ2v) is 1.87. The number of H-pyrrole nitrogens is 1. The van der Waals surface area contributed by atoms with Gasteiger partial charge in [0.2, 0.25) is 0 Å². The number of hydrogen-bond acceptors (Lipinski definition) is 0. The summed E-state index contributed by atoms with van der Waals surface area (Å²) in [5.74, 6) is 0. The molecule has 1 N–H and O–H groups in total. The molecule has 0 aliphatic carbocycles. The number of hydrogen-bond donors (Lipinski definition) is 1. The van der Waals surface area contributed by atoms with Crippen molar-refractivity contribution < 1.29 is 13.2 Å². The molecule has 0 radical (unpaired) electrons. The Balaban J connectivity index is 2.78. The van der Waals surface area contributed by atoms with Crippen LogP contribution in [-0.2, 0) is 6.67 Å². The van der Waals surface area contributed by atoms with Gasteiger partial charge in [-0.05, 0) is 12.1 Å². The third kappa shape index (κ3) is 1.32. The molecule has 0 bridgehead atoms. The van der Waals surface area contributed by atoms with Crippen LogP contribution in [-0.4, -0.2) is 4.98 Å². The van der Waals surface area contributed by atoms with E-state index in [0.29, 0.717) is 0 Å². The quantitative estimate of drug-likeness (QED) is 0.664. The number of aromatic nitrogens is 1. The lowest BCUT2D eigenvalue weighted by Gasteiger charge is -1.91. The molecule has 1 aromatic rings. The fourth-order valence-corrected chi connectivity index (χ4v) is 0.664. The molecule has 10 heavy (non-hydrogen) atoms. The molecule has 1 heterocycles. The highest BCUT2D eigenvalue weighted by atomic mass is 19.3. The third-order valence-corrected chi connectivity index (χ3v) is 1.15. The van der Waals surface area contributed by atoms with Crippen molar-refractivity contribution in [1.82, 2.24) is 4.98 Å². The van der Waals surface area contributed by atoms with Crippen LogP contribution in [0.5, 0.6) is 0 Å². The van der Waals surface area contributed by atoms with Gasteiger partial charge in [-0.25, -0.2) is 13.2 Å². The molecule has 1 aromatic heterocycles. The van der Waals surface area contributed by atoms with Crippen LogP contribution in [0.3, 0.4) is 0 Å². The van der Waals surface area contributed by atoms with Crippen molar-refractivity contribution in [2.75, 3.05) is 0 Å². The summed E-state index contributed by atoms with van der Waals surface area (Å²) in [6, 6.07) is 2.49.